The second-order valence-corrected chi connectivity index (χ2v) is 13.9. The molecule has 2 nitrogen and oxygen atoms in total. The third-order valence-electron chi connectivity index (χ3n) is 9.88. The van der Waals surface area contributed by atoms with Gasteiger partial charge >= 0.3 is 0 Å². The number of fused-ring (bicyclic) bond motifs is 6. The lowest BCUT2D eigenvalue weighted by Gasteiger charge is -2.29. The zero-order chi connectivity index (χ0) is 33.7. The van der Waals surface area contributed by atoms with Crippen molar-refractivity contribution in [3.63, 3.8) is 0 Å². The molecule has 240 valence electrons. The largest absolute Gasteiger partial charge is 0.456 e. The Morgan fingerprint density at radius 3 is 1.80 bits per heavy atom. The van der Waals surface area contributed by atoms with Crippen LogP contribution in [0.15, 0.2) is 192 Å². The molecule has 0 aliphatic carbocycles. The van der Waals surface area contributed by atoms with Gasteiger partial charge in [0.05, 0.1) is 21.5 Å². The summed E-state index contributed by atoms with van der Waals surface area (Å²) in [6, 6.07) is 67.4. The standard InChI is InChI=1S/C48H31NOS/c1-3-13-32(14-4-1)35-17-11-18-36(31-35)33-25-27-37(28-26-33)49(42-21-12-23-44-46(42)41-20-7-9-22-43(41)50-44)47-38(34-15-5-2-6-16-34)29-30-40-39-19-8-10-24-45(39)51-48(40)47/h1-31H. The van der Waals surface area contributed by atoms with Gasteiger partial charge in [0.2, 0.25) is 0 Å². The van der Waals surface area contributed by atoms with E-state index < -0.39 is 0 Å². The van der Waals surface area contributed by atoms with Crippen LogP contribution in [0.5, 0.6) is 0 Å². The van der Waals surface area contributed by atoms with E-state index in [2.05, 4.69) is 187 Å². The Kier molecular flexibility index (Phi) is 7.04. The summed E-state index contributed by atoms with van der Waals surface area (Å²) in [4.78, 5) is 2.47. The number of hydrogen-bond acceptors (Lipinski definition) is 3. The Labute approximate surface area is 300 Å². The van der Waals surface area contributed by atoms with Gasteiger partial charge in [-0.25, -0.2) is 0 Å². The molecule has 0 bridgehead atoms. The molecule has 0 amide bonds. The Balaban J connectivity index is 1.24. The van der Waals surface area contributed by atoms with Crippen molar-refractivity contribution in [2.45, 2.75) is 0 Å². The van der Waals surface area contributed by atoms with Crippen molar-refractivity contribution in [3.8, 4) is 33.4 Å². The van der Waals surface area contributed by atoms with E-state index in [1.54, 1.807) is 0 Å². The highest BCUT2D eigenvalue weighted by Gasteiger charge is 2.25. The molecule has 0 fully saturated rings. The molecular weight excluding hydrogens is 639 g/mol. The van der Waals surface area contributed by atoms with Crippen LogP contribution in [0.1, 0.15) is 0 Å². The molecule has 0 spiro atoms. The minimum atomic E-state index is 0.873. The Hall–Kier alpha value is -6.42. The minimum Gasteiger partial charge on any atom is -0.456 e. The topological polar surface area (TPSA) is 16.4 Å². The average molecular weight is 670 g/mol. The van der Waals surface area contributed by atoms with Crippen molar-refractivity contribution in [3.05, 3.63) is 188 Å². The van der Waals surface area contributed by atoms with Crippen LogP contribution in [-0.2, 0) is 0 Å². The monoisotopic (exact) mass is 669 g/mol. The molecule has 0 aliphatic rings. The number of hydrogen-bond donors (Lipinski definition) is 0. The summed E-state index contributed by atoms with van der Waals surface area (Å²) >= 11 is 1.86. The summed E-state index contributed by atoms with van der Waals surface area (Å²) in [5.74, 6) is 0. The molecule has 0 aliphatic heterocycles. The van der Waals surface area contributed by atoms with Gasteiger partial charge in [0.1, 0.15) is 11.2 Å². The maximum atomic E-state index is 6.47. The van der Waals surface area contributed by atoms with Crippen LogP contribution < -0.4 is 4.90 Å². The molecule has 0 radical (unpaired) electrons. The van der Waals surface area contributed by atoms with E-state index in [4.69, 9.17) is 4.42 Å². The van der Waals surface area contributed by atoms with Crippen molar-refractivity contribution in [2.24, 2.45) is 0 Å². The summed E-state index contributed by atoms with van der Waals surface area (Å²) in [6.45, 7) is 0. The van der Waals surface area contributed by atoms with E-state index in [9.17, 15) is 0 Å². The van der Waals surface area contributed by atoms with E-state index in [1.165, 1.54) is 53.6 Å². The molecule has 0 atom stereocenters. The molecule has 0 saturated heterocycles. The van der Waals surface area contributed by atoms with Crippen molar-refractivity contribution in [2.75, 3.05) is 4.90 Å². The molecule has 8 aromatic carbocycles. The molecule has 0 saturated carbocycles. The molecular formula is C48H31NOS. The first-order valence-electron chi connectivity index (χ1n) is 17.3. The number of para-hydroxylation sites is 1. The fourth-order valence-electron chi connectivity index (χ4n) is 7.49. The highest BCUT2D eigenvalue weighted by Crippen LogP contribution is 2.51. The van der Waals surface area contributed by atoms with Crippen LogP contribution in [0.3, 0.4) is 0 Å². The number of furan rings is 1. The fourth-order valence-corrected chi connectivity index (χ4v) is 8.73. The van der Waals surface area contributed by atoms with Gasteiger partial charge in [-0.2, -0.15) is 0 Å². The van der Waals surface area contributed by atoms with Crippen molar-refractivity contribution in [1.82, 2.24) is 0 Å². The summed E-state index contributed by atoms with van der Waals surface area (Å²) in [7, 11) is 0. The van der Waals surface area contributed by atoms with Crippen LogP contribution in [0.2, 0.25) is 0 Å². The molecule has 0 unspecified atom stereocenters. The van der Waals surface area contributed by atoms with Crippen LogP contribution in [-0.4, -0.2) is 0 Å². The second kappa shape index (κ2) is 12.2. The third kappa shape index (κ3) is 5.01. The van der Waals surface area contributed by atoms with Gasteiger partial charge in [-0.15, -0.1) is 11.3 Å². The van der Waals surface area contributed by atoms with E-state index >= 15 is 0 Å². The highest BCUT2D eigenvalue weighted by molar-refractivity contribution is 7.26. The summed E-state index contributed by atoms with van der Waals surface area (Å²) < 4.78 is 9.00. The van der Waals surface area contributed by atoms with Gasteiger partial charge in [0, 0.05) is 32.1 Å². The maximum absolute atomic E-state index is 6.47. The molecule has 2 aromatic heterocycles. The predicted octanol–water partition coefficient (Wildman–Crippen LogP) is 14.4. The summed E-state index contributed by atoms with van der Waals surface area (Å²) in [5, 5.41) is 4.74. The Morgan fingerprint density at radius 2 is 1.02 bits per heavy atom. The fraction of sp³-hybridized carbons (Fsp3) is 0. The molecule has 2 heterocycles. The van der Waals surface area contributed by atoms with Crippen LogP contribution >= 0.6 is 11.3 Å². The van der Waals surface area contributed by atoms with Gasteiger partial charge in [0.15, 0.2) is 0 Å². The normalized spacial score (nSPS) is 11.5. The lowest BCUT2D eigenvalue weighted by Crippen LogP contribution is -2.12. The SMILES string of the molecule is c1ccc(-c2cccc(-c3ccc(N(c4c(-c5ccccc5)ccc5c4sc4ccccc45)c4cccc5oc6ccccc6c45)cc3)c2)cc1. The van der Waals surface area contributed by atoms with E-state index in [0.717, 1.165) is 39.0 Å². The number of thiophene rings is 1. The molecule has 10 aromatic rings. The smallest absolute Gasteiger partial charge is 0.137 e. The highest BCUT2D eigenvalue weighted by atomic mass is 32.1. The first-order chi connectivity index (χ1) is 25.3. The first kappa shape index (κ1) is 29.5. The van der Waals surface area contributed by atoms with Gasteiger partial charge in [0.25, 0.3) is 0 Å². The van der Waals surface area contributed by atoms with Crippen LogP contribution in [0.25, 0.3) is 75.5 Å². The number of anilines is 3. The Bertz CT molecular complexity index is 2850. The van der Waals surface area contributed by atoms with E-state index in [0.29, 0.717) is 0 Å². The predicted molar refractivity (Wildman–Crippen MR) is 218 cm³/mol. The number of nitrogens with zero attached hydrogens (tertiary/aromatic N) is 1. The summed E-state index contributed by atoms with van der Waals surface area (Å²) in [6.07, 6.45) is 0. The van der Waals surface area contributed by atoms with Gasteiger partial charge in [-0.1, -0.05) is 146 Å². The third-order valence-corrected chi connectivity index (χ3v) is 11.1. The maximum Gasteiger partial charge on any atom is 0.137 e. The number of benzene rings is 8. The van der Waals surface area contributed by atoms with E-state index in [-0.39, 0.29) is 0 Å². The molecule has 3 heteroatoms. The minimum absolute atomic E-state index is 0.873. The second-order valence-electron chi connectivity index (χ2n) is 12.9. The molecule has 51 heavy (non-hydrogen) atoms. The van der Waals surface area contributed by atoms with E-state index in [1.807, 2.05) is 17.4 Å². The van der Waals surface area contributed by atoms with Crippen molar-refractivity contribution < 1.29 is 4.42 Å². The summed E-state index contributed by atoms with van der Waals surface area (Å²) in [5.41, 5.74) is 12.2. The number of rotatable bonds is 6. The zero-order valence-electron chi connectivity index (χ0n) is 27.7. The average Bonchev–Trinajstić information content (AvgIpc) is 3.78. The van der Waals surface area contributed by atoms with Gasteiger partial charge in [-0.3, -0.25) is 0 Å². The van der Waals surface area contributed by atoms with Crippen molar-refractivity contribution >= 4 is 70.5 Å². The molecule has 0 N–H and O–H groups in total. The van der Waals surface area contributed by atoms with Crippen LogP contribution in [0, 0.1) is 0 Å². The van der Waals surface area contributed by atoms with Crippen molar-refractivity contribution in [1.29, 1.82) is 0 Å². The lowest BCUT2D eigenvalue weighted by atomic mass is 9.97. The van der Waals surface area contributed by atoms with Gasteiger partial charge < -0.3 is 9.32 Å². The molecule has 10 rings (SSSR count). The van der Waals surface area contributed by atoms with Gasteiger partial charge in [-0.05, 0) is 70.3 Å². The zero-order valence-corrected chi connectivity index (χ0v) is 28.5. The van der Waals surface area contributed by atoms with Crippen LogP contribution in [0.4, 0.5) is 17.1 Å². The quantitative estimate of drug-likeness (QED) is 0.175. The first-order valence-corrected chi connectivity index (χ1v) is 18.1. The Morgan fingerprint density at radius 1 is 0.412 bits per heavy atom. The lowest BCUT2D eigenvalue weighted by molar-refractivity contribution is 0.669.